The number of Topliss-reactive ketones (excluding diaryl/α,β-unsaturated/α-hetero) is 1. The van der Waals surface area contributed by atoms with E-state index in [2.05, 4.69) is 56.5 Å². The van der Waals surface area contributed by atoms with Crippen molar-refractivity contribution in [3.8, 4) is 91.3 Å². The largest absolute Gasteiger partial charge is 0.506 e. The number of ketones is 1. The van der Waals surface area contributed by atoms with Crippen LogP contribution in [0.4, 0.5) is 11.4 Å². The summed E-state index contributed by atoms with van der Waals surface area (Å²) in [6.07, 6.45) is 0. The van der Waals surface area contributed by atoms with Crippen LogP contribution in [0.3, 0.4) is 0 Å². The number of rotatable bonds is 33. The van der Waals surface area contributed by atoms with Gasteiger partial charge in [-0.3, -0.25) is 14.9 Å². The first-order valence-corrected chi connectivity index (χ1v) is 42.6. The summed E-state index contributed by atoms with van der Waals surface area (Å²) in [5.74, 6) is 4.17. The van der Waals surface area contributed by atoms with E-state index < -0.39 is 34.3 Å². The van der Waals surface area contributed by atoms with Crippen molar-refractivity contribution in [2.45, 2.75) is 82.1 Å². The van der Waals surface area contributed by atoms with Crippen LogP contribution in [-0.4, -0.2) is 140 Å². The number of carbonyl (C=O) groups is 5. The lowest BCUT2D eigenvalue weighted by atomic mass is 10.1. The Kier molecular flexibility index (Phi) is 36.0. The number of ether oxygens (including phenoxy) is 12. The van der Waals surface area contributed by atoms with E-state index in [9.17, 15) is 39.2 Å². The first-order chi connectivity index (χ1) is 59.5. The van der Waals surface area contributed by atoms with E-state index in [1.165, 1.54) is 35.8 Å². The molecular weight excluding hydrogens is 1810 g/mol. The number of esters is 4. The third-order valence-corrected chi connectivity index (χ3v) is 20.8. The molecule has 0 atom stereocenters. The number of nitro groups is 1. The van der Waals surface area contributed by atoms with Gasteiger partial charge in [0.2, 0.25) is 0 Å². The van der Waals surface area contributed by atoms with Crippen LogP contribution in [0.15, 0.2) is 169 Å². The van der Waals surface area contributed by atoms with Crippen molar-refractivity contribution >= 4 is 146 Å². The Morgan fingerprint density at radius 1 is 0.492 bits per heavy atom. The number of alkyl halides is 1. The normalized spacial score (nSPS) is 10.5. The standard InChI is InChI=1S/C23H21BrN2O5S.C23H22N2O5S.C21H22N2O5S.C12H15NO4S.C8H6BrNO4/c1-4-28-21(27)12-30-18-8-6-16(9-13(18)2)29-11-20-26-22(23(24)32-20)15-5-7-19-17(10-15)25-14(3)31-19;1-4-27-23(26)12-29-20-8-6-17(9-14(20)2)28-11-22-25-19(13-31-22)16-5-7-21-18(10-16)24-15(3)30-21;1-3-26-21(25)11-28-19-7-5-15(8-13(19)2)27-10-20-23-17(12-29-20)14-4-6-18(24)16(22)9-14;1-8-5-9(16-6-11(13)18)3-4-10(8)17-7-12(14)15-2;9-4-8(12)5-1-2-7(11)6(3-5)10(13)14/h5-10H,4,11-12H2,1-3H3;5-10,13H,4,11-12H2,1-3H3;4-9,12,24H,3,10-11,22H2,1-2H3;3-5H,6-7H2,1-2H3,(H2,13,18);1-3,11H,4H2. The monoisotopic (exact) mass is 1900 g/mol. The summed E-state index contributed by atoms with van der Waals surface area (Å²) < 4.78 is 75.8. The Hall–Kier alpha value is -12.8. The van der Waals surface area contributed by atoms with Crippen LogP contribution in [-0.2, 0) is 57.9 Å². The Morgan fingerprint density at radius 2 is 0.895 bits per heavy atom. The number of aryl methyl sites for hydroxylation is 6. The SMILES string of the molecule is CCOC(=O)COc1ccc(OCc2nc(-c3ccc(O)c(N)c3)cs2)cc1C.CCOC(=O)COc1ccc(OCc2nc(-c3ccc4oc(C)nc4c3)c(Br)s2)cc1C.CCOC(=O)COc1ccc(OCc2nc(-c3ccc4oc(C)nc4c3)cs2)cc1C.COC(=O)COc1ccc(OCC(N)=S)cc1C.O=C(CBr)c1ccc(O)c([N+](=O)[O-])c1. The van der Waals surface area contributed by atoms with Crippen LogP contribution in [0, 0.1) is 51.7 Å². The number of benzene rings is 8. The summed E-state index contributed by atoms with van der Waals surface area (Å²) in [7, 11) is 1.31. The molecule has 0 aliphatic rings. The van der Waals surface area contributed by atoms with Gasteiger partial charge in [0.25, 0.3) is 0 Å². The Balaban J connectivity index is 0.000000181. The van der Waals surface area contributed by atoms with Crippen molar-refractivity contribution in [3.63, 3.8) is 0 Å². The van der Waals surface area contributed by atoms with Gasteiger partial charge in [0.1, 0.15) is 109 Å². The fourth-order valence-electron chi connectivity index (χ4n) is 10.9. The number of carbonyl (C=O) groups excluding carboxylic acids is 5. The Labute approximate surface area is 745 Å². The quantitative estimate of drug-likeness (QED) is 0.00341. The maximum Gasteiger partial charge on any atom is 0.344 e. The minimum Gasteiger partial charge on any atom is -0.506 e. The number of hydrogen-bond donors (Lipinski definition) is 4. The number of thiazole rings is 3. The van der Waals surface area contributed by atoms with Gasteiger partial charge in [-0.15, -0.1) is 34.0 Å². The Bertz CT molecular complexity index is 5890. The average Bonchev–Trinajstić information content (AvgIpc) is 1.64. The second kappa shape index (κ2) is 47.0. The van der Waals surface area contributed by atoms with E-state index in [0.717, 1.165) is 109 Å². The first-order valence-electron chi connectivity index (χ1n) is 37.7. The lowest BCUT2D eigenvalue weighted by Crippen LogP contribution is -2.17. The molecule has 37 heteroatoms. The maximum absolute atomic E-state index is 11.5. The van der Waals surface area contributed by atoms with Crippen molar-refractivity contribution in [1.29, 1.82) is 0 Å². The minimum atomic E-state index is -0.736. The zero-order chi connectivity index (χ0) is 89.5. The zero-order valence-corrected chi connectivity index (χ0v) is 75.1. The van der Waals surface area contributed by atoms with Gasteiger partial charge < -0.3 is 87.4 Å². The number of nitrogens with two attached hydrogens (primary N) is 2. The molecule has 5 aromatic heterocycles. The van der Waals surface area contributed by atoms with Gasteiger partial charge in [0.15, 0.2) is 60.9 Å². The summed E-state index contributed by atoms with van der Waals surface area (Å²) >= 11 is 15.8. The van der Waals surface area contributed by atoms with Crippen LogP contribution in [0.1, 0.15) is 80.2 Å². The van der Waals surface area contributed by atoms with Gasteiger partial charge in [0.05, 0.1) is 63.7 Å². The van der Waals surface area contributed by atoms with Crippen LogP contribution in [0.5, 0.6) is 57.5 Å². The third kappa shape index (κ3) is 28.9. The van der Waals surface area contributed by atoms with Gasteiger partial charge in [-0.25, -0.2) is 44.1 Å². The van der Waals surface area contributed by atoms with Crippen molar-refractivity contribution in [2.24, 2.45) is 5.73 Å². The number of anilines is 1. The molecule has 8 aromatic carbocycles. The number of hydrogen-bond acceptors (Lipinski definition) is 33. The van der Waals surface area contributed by atoms with Crippen LogP contribution in [0.2, 0.25) is 0 Å². The topological polar surface area (TPSA) is 422 Å². The maximum atomic E-state index is 11.5. The van der Waals surface area contributed by atoms with Crippen molar-refractivity contribution < 1.29 is 105 Å². The van der Waals surface area contributed by atoms with Gasteiger partial charge in [-0.2, -0.15) is 0 Å². The zero-order valence-electron chi connectivity index (χ0n) is 68.7. The number of thiocarbonyl (C=S) groups is 1. The molecule has 0 fully saturated rings. The highest BCUT2D eigenvalue weighted by molar-refractivity contribution is 9.11. The Morgan fingerprint density at radius 3 is 1.31 bits per heavy atom. The highest BCUT2D eigenvalue weighted by Crippen LogP contribution is 2.37. The second-order valence-corrected chi connectivity index (χ2v) is 31.5. The molecule has 0 spiro atoms. The smallest absolute Gasteiger partial charge is 0.344 e. The molecular formula is C87H86Br2N8O23S4. The molecule has 650 valence electrons. The van der Waals surface area contributed by atoms with Gasteiger partial charge in [-0.1, -0.05) is 28.1 Å². The highest BCUT2D eigenvalue weighted by atomic mass is 79.9. The molecule has 0 aliphatic carbocycles. The minimum absolute atomic E-state index is 0.0533. The molecule has 5 heterocycles. The predicted molar refractivity (Wildman–Crippen MR) is 478 cm³/mol. The number of aromatic nitrogens is 5. The summed E-state index contributed by atoms with van der Waals surface area (Å²) in [5.41, 5.74) is 23.0. The number of phenols is 2. The van der Waals surface area contributed by atoms with Gasteiger partial charge >= 0.3 is 29.6 Å². The van der Waals surface area contributed by atoms with Crippen LogP contribution in [0.25, 0.3) is 56.0 Å². The van der Waals surface area contributed by atoms with E-state index in [0.29, 0.717) is 108 Å². The van der Waals surface area contributed by atoms with E-state index in [1.54, 1.807) is 98.8 Å². The first kappa shape index (κ1) is 95.0. The van der Waals surface area contributed by atoms with E-state index in [1.807, 2.05) is 113 Å². The predicted octanol–water partition coefficient (Wildman–Crippen LogP) is 18.0. The molecule has 31 nitrogen and oxygen atoms in total. The van der Waals surface area contributed by atoms with Gasteiger partial charge in [-0.05, 0) is 226 Å². The van der Waals surface area contributed by atoms with Crippen molar-refractivity contribution in [3.05, 3.63) is 225 Å². The van der Waals surface area contributed by atoms with Crippen molar-refractivity contribution in [2.75, 3.05) is 71.0 Å². The summed E-state index contributed by atoms with van der Waals surface area (Å²) in [6.45, 7) is 18.2. The number of nitro benzene ring substituents is 1. The fraction of sp³-hybridized carbons (Fsp3) is 0.253. The lowest BCUT2D eigenvalue weighted by molar-refractivity contribution is -0.385. The van der Waals surface area contributed by atoms with Crippen LogP contribution >= 0.6 is 78.1 Å². The highest BCUT2D eigenvalue weighted by Gasteiger charge is 2.20. The number of nitrogens with zero attached hydrogens (tertiary/aromatic N) is 6. The van der Waals surface area contributed by atoms with E-state index >= 15 is 0 Å². The fourth-order valence-corrected chi connectivity index (χ4v) is 14.3. The number of aromatic hydroxyl groups is 2. The molecule has 13 rings (SSSR count). The average molecular weight is 1900 g/mol. The molecule has 0 unspecified atom stereocenters. The number of fused-ring (bicyclic) bond motifs is 2. The summed E-state index contributed by atoms with van der Waals surface area (Å²) in [6, 6.07) is 41.8. The molecule has 0 amide bonds. The summed E-state index contributed by atoms with van der Waals surface area (Å²) in [5, 5.41) is 35.6. The van der Waals surface area contributed by atoms with E-state index in [-0.39, 0.29) is 61.4 Å². The molecule has 13 aromatic rings. The molecule has 0 saturated heterocycles. The van der Waals surface area contributed by atoms with E-state index in [4.69, 9.17) is 94.7 Å². The molecule has 0 saturated carbocycles. The molecule has 0 radical (unpaired) electrons. The third-order valence-electron chi connectivity index (χ3n) is 16.8. The number of oxazole rings is 2. The summed E-state index contributed by atoms with van der Waals surface area (Å²) in [4.78, 5) is 89.1. The lowest BCUT2D eigenvalue weighted by Gasteiger charge is -2.10. The molecule has 124 heavy (non-hydrogen) atoms. The second-order valence-electron chi connectivity index (χ2n) is 26.1. The number of nitrogen functional groups attached to an aromatic ring is 1. The molecule has 6 N–H and O–H groups in total. The molecule has 0 bridgehead atoms. The number of halogens is 2. The van der Waals surface area contributed by atoms with Crippen molar-refractivity contribution in [1.82, 2.24) is 24.9 Å². The van der Waals surface area contributed by atoms with Crippen LogP contribution < -0.4 is 49.4 Å². The number of phenolic OH excluding ortho intramolecular Hbond substituents is 2. The molecule has 0 aliphatic heterocycles. The number of methoxy groups -OCH3 is 1. The van der Waals surface area contributed by atoms with Gasteiger partial charge in [0, 0.05) is 52.9 Å².